The van der Waals surface area contributed by atoms with Gasteiger partial charge >= 0.3 is 5.97 Å². The third-order valence-electron chi connectivity index (χ3n) is 3.53. The Morgan fingerprint density at radius 1 is 0.962 bits per heavy atom. The molecule has 138 valence electrons. The van der Waals surface area contributed by atoms with E-state index >= 15 is 0 Å². The molecule has 1 aromatic heterocycles. The van der Waals surface area contributed by atoms with Crippen LogP contribution < -0.4 is 19.5 Å². The number of benzene rings is 1. The maximum absolute atomic E-state index is 12.3. The molecule has 8 heteroatoms. The lowest BCUT2D eigenvalue weighted by atomic mass is 10.1. The fourth-order valence-corrected chi connectivity index (χ4v) is 2.37. The fraction of sp³-hybridized carbons (Fsp3) is 0.278. The number of amides is 1. The number of methoxy groups -OCH3 is 4. The normalized spacial score (nSPS) is 10.0. The molecule has 0 atom stereocenters. The van der Waals surface area contributed by atoms with E-state index in [-0.39, 0.29) is 17.9 Å². The van der Waals surface area contributed by atoms with Gasteiger partial charge in [0.05, 0.1) is 52.3 Å². The average Bonchev–Trinajstić information content (AvgIpc) is 2.66. The molecular formula is C18H20N2O6. The van der Waals surface area contributed by atoms with E-state index in [0.29, 0.717) is 28.5 Å². The van der Waals surface area contributed by atoms with Gasteiger partial charge in [0.25, 0.3) is 0 Å². The molecule has 0 saturated carbocycles. The summed E-state index contributed by atoms with van der Waals surface area (Å²) in [4.78, 5) is 27.8. The second-order valence-corrected chi connectivity index (χ2v) is 5.21. The first-order valence-electron chi connectivity index (χ1n) is 7.64. The molecule has 1 aromatic carbocycles. The van der Waals surface area contributed by atoms with Crippen molar-refractivity contribution < 1.29 is 28.5 Å². The zero-order valence-corrected chi connectivity index (χ0v) is 15.0. The number of ether oxygens (including phenoxy) is 4. The lowest BCUT2D eigenvalue weighted by Crippen LogP contribution is -2.15. The molecule has 1 N–H and O–H groups in total. The van der Waals surface area contributed by atoms with Gasteiger partial charge in [-0.2, -0.15) is 0 Å². The van der Waals surface area contributed by atoms with Gasteiger partial charge in [0, 0.05) is 6.20 Å². The van der Waals surface area contributed by atoms with Gasteiger partial charge < -0.3 is 24.3 Å². The number of aromatic nitrogens is 1. The Morgan fingerprint density at radius 3 is 2.15 bits per heavy atom. The van der Waals surface area contributed by atoms with Crippen LogP contribution in [0.1, 0.15) is 15.9 Å². The lowest BCUT2D eigenvalue weighted by molar-refractivity contribution is -0.115. The Balaban J connectivity index is 2.16. The monoisotopic (exact) mass is 360 g/mol. The highest BCUT2D eigenvalue weighted by molar-refractivity contribution is 5.95. The highest BCUT2D eigenvalue weighted by Gasteiger charge is 2.15. The van der Waals surface area contributed by atoms with Crippen LogP contribution in [-0.4, -0.2) is 45.3 Å². The number of carbonyl (C=O) groups excluding carboxylic acids is 2. The van der Waals surface area contributed by atoms with Crippen molar-refractivity contribution in [1.82, 2.24) is 4.98 Å². The van der Waals surface area contributed by atoms with Crippen LogP contribution in [0.25, 0.3) is 0 Å². The van der Waals surface area contributed by atoms with Crippen LogP contribution >= 0.6 is 0 Å². The van der Waals surface area contributed by atoms with Crippen molar-refractivity contribution in [1.29, 1.82) is 0 Å². The van der Waals surface area contributed by atoms with Gasteiger partial charge in [-0.15, -0.1) is 0 Å². The number of anilines is 1. The van der Waals surface area contributed by atoms with E-state index in [4.69, 9.17) is 14.2 Å². The third kappa shape index (κ3) is 4.41. The predicted octanol–water partition coefficient (Wildman–Crippen LogP) is 2.08. The summed E-state index contributed by atoms with van der Waals surface area (Å²) in [5, 5.41) is 2.69. The molecular weight excluding hydrogens is 340 g/mol. The summed E-state index contributed by atoms with van der Waals surface area (Å²) in [6, 6.07) is 4.89. The second-order valence-electron chi connectivity index (χ2n) is 5.21. The van der Waals surface area contributed by atoms with Crippen molar-refractivity contribution in [3.05, 3.63) is 41.7 Å². The Morgan fingerprint density at radius 2 is 1.62 bits per heavy atom. The number of hydrogen-bond donors (Lipinski definition) is 1. The topological polar surface area (TPSA) is 96.0 Å². The Labute approximate surface area is 151 Å². The minimum absolute atomic E-state index is 0.0686. The van der Waals surface area contributed by atoms with Crippen LogP contribution in [0.3, 0.4) is 0 Å². The SMILES string of the molecule is COC(=O)c1cncc(NC(=O)Cc2cc(OC)c(OC)c(OC)c2)c1. The van der Waals surface area contributed by atoms with Crippen LogP contribution in [0.2, 0.25) is 0 Å². The number of carbonyl (C=O) groups is 2. The van der Waals surface area contributed by atoms with E-state index in [1.165, 1.54) is 46.9 Å². The number of hydrogen-bond acceptors (Lipinski definition) is 7. The third-order valence-corrected chi connectivity index (χ3v) is 3.53. The largest absolute Gasteiger partial charge is 0.493 e. The summed E-state index contributed by atoms with van der Waals surface area (Å²) in [6.07, 6.45) is 2.87. The van der Waals surface area contributed by atoms with Crippen LogP contribution in [0.5, 0.6) is 17.2 Å². The zero-order chi connectivity index (χ0) is 19.1. The van der Waals surface area contributed by atoms with Crippen molar-refractivity contribution in [2.24, 2.45) is 0 Å². The smallest absolute Gasteiger partial charge is 0.339 e. The van der Waals surface area contributed by atoms with Crippen LogP contribution in [-0.2, 0) is 16.0 Å². The summed E-state index contributed by atoms with van der Waals surface area (Å²) >= 11 is 0. The summed E-state index contributed by atoms with van der Waals surface area (Å²) in [6.45, 7) is 0. The number of esters is 1. The van der Waals surface area contributed by atoms with Gasteiger partial charge in [-0.05, 0) is 23.8 Å². The van der Waals surface area contributed by atoms with Crippen molar-refractivity contribution in [3.8, 4) is 17.2 Å². The van der Waals surface area contributed by atoms with E-state index in [1.807, 2.05) is 0 Å². The molecule has 0 fully saturated rings. The van der Waals surface area contributed by atoms with Gasteiger partial charge in [0.1, 0.15) is 0 Å². The van der Waals surface area contributed by atoms with Gasteiger partial charge in [-0.3, -0.25) is 9.78 Å². The highest BCUT2D eigenvalue weighted by Crippen LogP contribution is 2.38. The van der Waals surface area contributed by atoms with Gasteiger partial charge in [0.2, 0.25) is 11.7 Å². The molecule has 1 amide bonds. The Bertz CT molecular complexity index is 781. The molecule has 1 heterocycles. The first-order valence-corrected chi connectivity index (χ1v) is 7.64. The molecule has 26 heavy (non-hydrogen) atoms. The Kier molecular flexibility index (Phi) is 6.37. The highest BCUT2D eigenvalue weighted by atomic mass is 16.5. The quantitative estimate of drug-likeness (QED) is 0.755. The maximum atomic E-state index is 12.3. The van der Waals surface area contributed by atoms with E-state index in [1.54, 1.807) is 12.1 Å². The first kappa shape index (κ1) is 19.0. The molecule has 0 spiro atoms. The minimum atomic E-state index is -0.529. The van der Waals surface area contributed by atoms with Crippen molar-refractivity contribution in [2.45, 2.75) is 6.42 Å². The van der Waals surface area contributed by atoms with Gasteiger partial charge in [-0.25, -0.2) is 4.79 Å². The molecule has 0 radical (unpaired) electrons. The molecule has 0 unspecified atom stereocenters. The van der Waals surface area contributed by atoms with E-state index < -0.39 is 5.97 Å². The molecule has 0 bridgehead atoms. The molecule has 0 aliphatic rings. The molecule has 8 nitrogen and oxygen atoms in total. The minimum Gasteiger partial charge on any atom is -0.493 e. The van der Waals surface area contributed by atoms with Crippen LogP contribution in [0.15, 0.2) is 30.6 Å². The summed E-state index contributed by atoms with van der Waals surface area (Å²) in [7, 11) is 5.79. The maximum Gasteiger partial charge on any atom is 0.339 e. The fourth-order valence-electron chi connectivity index (χ4n) is 2.37. The molecule has 2 rings (SSSR count). The second kappa shape index (κ2) is 8.70. The summed E-state index contributed by atoms with van der Waals surface area (Å²) < 4.78 is 20.4. The molecule has 0 saturated heterocycles. The molecule has 0 aliphatic carbocycles. The van der Waals surface area contributed by atoms with E-state index in [2.05, 4.69) is 15.0 Å². The van der Waals surface area contributed by atoms with Crippen molar-refractivity contribution in [3.63, 3.8) is 0 Å². The average molecular weight is 360 g/mol. The van der Waals surface area contributed by atoms with Gasteiger partial charge in [0.15, 0.2) is 11.5 Å². The predicted molar refractivity (Wildman–Crippen MR) is 94.0 cm³/mol. The first-order chi connectivity index (χ1) is 12.5. The molecule has 2 aromatic rings. The van der Waals surface area contributed by atoms with E-state index in [9.17, 15) is 9.59 Å². The number of pyridine rings is 1. The summed E-state index contributed by atoms with van der Waals surface area (Å²) in [5.74, 6) is 0.559. The number of rotatable bonds is 7. The number of nitrogens with zero attached hydrogens (tertiary/aromatic N) is 1. The molecule has 0 aliphatic heterocycles. The summed E-state index contributed by atoms with van der Waals surface area (Å²) in [5.41, 5.74) is 1.32. The van der Waals surface area contributed by atoms with E-state index in [0.717, 1.165) is 0 Å². The lowest BCUT2D eigenvalue weighted by Gasteiger charge is -2.14. The number of nitrogens with one attached hydrogen (secondary N) is 1. The van der Waals surface area contributed by atoms with Crippen molar-refractivity contribution >= 4 is 17.6 Å². The van der Waals surface area contributed by atoms with Crippen LogP contribution in [0, 0.1) is 0 Å². The van der Waals surface area contributed by atoms with Crippen LogP contribution in [0.4, 0.5) is 5.69 Å². The van der Waals surface area contributed by atoms with Gasteiger partial charge in [-0.1, -0.05) is 0 Å². The Hall–Kier alpha value is -3.29. The standard InChI is InChI=1S/C18H20N2O6/c1-23-14-5-11(6-15(24-2)17(14)25-3)7-16(21)20-13-8-12(9-19-10-13)18(22)26-4/h5-6,8-10H,7H2,1-4H3,(H,20,21). The zero-order valence-electron chi connectivity index (χ0n) is 15.0. The van der Waals surface area contributed by atoms with Crippen molar-refractivity contribution in [2.75, 3.05) is 33.8 Å².